The molecule has 0 bridgehead atoms. The van der Waals surface area contributed by atoms with Gasteiger partial charge in [0.05, 0.1) is 13.2 Å². The second-order valence-electron chi connectivity index (χ2n) is 20.9. The predicted molar refractivity (Wildman–Crippen MR) is 321 cm³/mol. The van der Waals surface area contributed by atoms with Crippen molar-refractivity contribution in [3.63, 3.8) is 0 Å². The fourth-order valence-corrected chi connectivity index (χ4v) is 9.72. The first-order chi connectivity index (χ1) is 36.8. The average Bonchev–Trinajstić information content (AvgIpc) is 3.40. The number of nitrogens with two attached hydrogens (primary N) is 1. The second kappa shape index (κ2) is 60.7. The molecule has 0 amide bonds. The zero-order chi connectivity index (χ0) is 54.5. The van der Waals surface area contributed by atoms with Gasteiger partial charge in [-0.25, -0.2) is 4.57 Å². The molecule has 436 valence electrons. The van der Waals surface area contributed by atoms with Crippen molar-refractivity contribution in [3.8, 4) is 0 Å². The Morgan fingerprint density at radius 1 is 0.413 bits per heavy atom. The standard InChI is InChI=1S/C65H118NO8P/c1-3-5-7-9-11-13-15-17-19-21-23-25-26-27-28-29-30-31-32-33-34-35-36-38-39-41-43-45-47-49-51-53-55-57-64(67)71-61-63(62-73-75(69,70)72-60-59-66)74-65(68)58-56-54-52-50-48-46-44-42-40-37-24-22-20-18-16-14-12-10-8-6-4-2/h6,8,12,14,18,20-21,23-24,37,42,44,63H,3-5,7,9-11,13,15-17,19,22,25-36,38-41,43,45-62,66H2,1-2H3,(H,69,70)/b8-6-,14-12-,20-18-,23-21-,37-24-,44-42-. The van der Waals surface area contributed by atoms with Crippen molar-refractivity contribution >= 4 is 19.8 Å². The number of ether oxygens (including phenoxy) is 2. The van der Waals surface area contributed by atoms with E-state index in [1.165, 1.54) is 180 Å². The van der Waals surface area contributed by atoms with Gasteiger partial charge in [-0.05, 0) is 83.5 Å². The van der Waals surface area contributed by atoms with Crippen LogP contribution in [0.2, 0.25) is 0 Å². The molecule has 0 heterocycles. The van der Waals surface area contributed by atoms with Crippen LogP contribution in [0.25, 0.3) is 0 Å². The molecule has 0 saturated carbocycles. The van der Waals surface area contributed by atoms with E-state index in [1.54, 1.807) is 0 Å². The fourth-order valence-electron chi connectivity index (χ4n) is 8.95. The molecule has 0 aromatic heterocycles. The van der Waals surface area contributed by atoms with Crippen molar-refractivity contribution in [1.29, 1.82) is 0 Å². The van der Waals surface area contributed by atoms with Gasteiger partial charge < -0.3 is 20.1 Å². The summed E-state index contributed by atoms with van der Waals surface area (Å²) in [6, 6.07) is 0. The Kier molecular flexibility index (Phi) is 58.6. The van der Waals surface area contributed by atoms with Crippen LogP contribution in [0.15, 0.2) is 72.9 Å². The van der Waals surface area contributed by atoms with E-state index in [0.29, 0.717) is 6.42 Å². The van der Waals surface area contributed by atoms with Crippen LogP contribution in [-0.4, -0.2) is 49.3 Å². The minimum absolute atomic E-state index is 0.0478. The number of phosphoric ester groups is 1. The topological polar surface area (TPSA) is 134 Å². The third-order valence-electron chi connectivity index (χ3n) is 13.6. The number of unbranched alkanes of at least 4 members (excludes halogenated alkanes) is 34. The number of rotatable bonds is 59. The second-order valence-corrected chi connectivity index (χ2v) is 22.3. The van der Waals surface area contributed by atoms with Crippen LogP contribution in [0.1, 0.15) is 296 Å². The first kappa shape index (κ1) is 72.5. The van der Waals surface area contributed by atoms with Gasteiger partial charge in [0.15, 0.2) is 6.10 Å². The molecule has 2 atom stereocenters. The van der Waals surface area contributed by atoms with Crippen LogP contribution in [0.5, 0.6) is 0 Å². The van der Waals surface area contributed by atoms with E-state index in [-0.39, 0.29) is 38.6 Å². The van der Waals surface area contributed by atoms with Gasteiger partial charge in [0, 0.05) is 19.4 Å². The van der Waals surface area contributed by atoms with E-state index in [9.17, 15) is 19.0 Å². The van der Waals surface area contributed by atoms with Crippen LogP contribution in [0, 0.1) is 0 Å². The van der Waals surface area contributed by atoms with Gasteiger partial charge in [0.1, 0.15) is 6.61 Å². The average molecular weight is 1070 g/mol. The Balaban J connectivity index is 3.89. The van der Waals surface area contributed by atoms with Gasteiger partial charge in [-0.15, -0.1) is 0 Å². The highest BCUT2D eigenvalue weighted by Gasteiger charge is 2.26. The van der Waals surface area contributed by atoms with E-state index in [4.69, 9.17) is 24.3 Å². The van der Waals surface area contributed by atoms with Crippen molar-refractivity contribution in [1.82, 2.24) is 0 Å². The van der Waals surface area contributed by atoms with Gasteiger partial charge in [-0.1, -0.05) is 273 Å². The highest BCUT2D eigenvalue weighted by atomic mass is 31.2. The molecule has 0 aliphatic heterocycles. The van der Waals surface area contributed by atoms with E-state index in [2.05, 4.69) is 86.8 Å². The van der Waals surface area contributed by atoms with Gasteiger partial charge in [-0.3, -0.25) is 18.6 Å². The third kappa shape index (κ3) is 60.5. The summed E-state index contributed by atoms with van der Waals surface area (Å²) < 4.78 is 33.1. The Labute approximate surface area is 462 Å². The number of hydrogen-bond donors (Lipinski definition) is 2. The van der Waals surface area contributed by atoms with Crippen molar-refractivity contribution < 1.29 is 37.6 Å². The van der Waals surface area contributed by atoms with Crippen LogP contribution in [0.4, 0.5) is 0 Å². The van der Waals surface area contributed by atoms with Gasteiger partial charge in [0.2, 0.25) is 0 Å². The SMILES string of the molecule is CC/C=C\C/C=C\C/C=C\C/C=C\C/C=C\CCCCCCCC(=O)OC(COC(=O)CCCCCCCCCCCCCCCCCCCCCCC/C=C\CCCCCCCCCC)COP(=O)(O)OCCN. The van der Waals surface area contributed by atoms with Gasteiger partial charge in [-0.2, -0.15) is 0 Å². The van der Waals surface area contributed by atoms with Crippen molar-refractivity contribution in [2.45, 2.75) is 302 Å². The predicted octanol–water partition coefficient (Wildman–Crippen LogP) is 20.1. The molecule has 0 spiro atoms. The van der Waals surface area contributed by atoms with E-state index in [1.807, 2.05) is 0 Å². The Bertz CT molecular complexity index is 1460. The molecule has 3 N–H and O–H groups in total. The minimum Gasteiger partial charge on any atom is -0.462 e. The first-order valence-corrected chi connectivity index (χ1v) is 32.9. The van der Waals surface area contributed by atoms with Crippen molar-refractivity contribution in [2.75, 3.05) is 26.4 Å². The lowest BCUT2D eigenvalue weighted by Gasteiger charge is -2.19. The summed E-state index contributed by atoms with van der Waals surface area (Å²) in [5.74, 6) is -0.842. The molecule has 0 aromatic rings. The molecule has 0 aliphatic rings. The molecule has 75 heavy (non-hydrogen) atoms. The lowest BCUT2D eigenvalue weighted by Crippen LogP contribution is -2.29. The van der Waals surface area contributed by atoms with E-state index in [0.717, 1.165) is 83.5 Å². The Hall–Kier alpha value is -2.55. The molecule has 0 aliphatic carbocycles. The summed E-state index contributed by atoms with van der Waals surface area (Å²) in [4.78, 5) is 35.2. The highest BCUT2D eigenvalue weighted by molar-refractivity contribution is 7.47. The monoisotopic (exact) mass is 1070 g/mol. The molecule has 0 radical (unpaired) electrons. The quantitative estimate of drug-likeness (QED) is 0.0264. The molecule has 2 unspecified atom stereocenters. The number of carbonyl (C=O) groups excluding carboxylic acids is 2. The molecule has 0 rings (SSSR count). The zero-order valence-electron chi connectivity index (χ0n) is 48.8. The summed E-state index contributed by atoms with van der Waals surface area (Å²) in [5.41, 5.74) is 5.38. The Morgan fingerprint density at radius 2 is 0.733 bits per heavy atom. The summed E-state index contributed by atoms with van der Waals surface area (Å²) in [6.45, 7) is 3.64. The van der Waals surface area contributed by atoms with E-state index < -0.39 is 26.5 Å². The maximum Gasteiger partial charge on any atom is 0.472 e. The number of esters is 2. The zero-order valence-corrected chi connectivity index (χ0v) is 49.7. The lowest BCUT2D eigenvalue weighted by atomic mass is 10.0. The molecular formula is C65H118NO8P. The maximum atomic E-state index is 12.7. The fraction of sp³-hybridized carbons (Fsp3) is 0.785. The summed E-state index contributed by atoms with van der Waals surface area (Å²) in [6.07, 6.45) is 78.4. The number of carbonyl (C=O) groups is 2. The molecule has 9 nitrogen and oxygen atoms in total. The Morgan fingerprint density at radius 3 is 1.11 bits per heavy atom. The van der Waals surface area contributed by atoms with Gasteiger partial charge in [0.25, 0.3) is 0 Å². The molecular weight excluding hydrogens is 954 g/mol. The largest absolute Gasteiger partial charge is 0.472 e. The van der Waals surface area contributed by atoms with Crippen molar-refractivity contribution in [2.24, 2.45) is 5.73 Å². The molecule has 0 fully saturated rings. The number of phosphoric acid groups is 1. The van der Waals surface area contributed by atoms with Crippen LogP contribution >= 0.6 is 7.82 Å². The van der Waals surface area contributed by atoms with Crippen molar-refractivity contribution in [3.05, 3.63) is 72.9 Å². The molecule has 0 aromatic carbocycles. The smallest absolute Gasteiger partial charge is 0.462 e. The van der Waals surface area contributed by atoms with Gasteiger partial charge >= 0.3 is 19.8 Å². The molecule has 0 saturated heterocycles. The highest BCUT2D eigenvalue weighted by Crippen LogP contribution is 2.43. The van der Waals surface area contributed by atoms with E-state index >= 15 is 0 Å². The maximum absolute atomic E-state index is 12.7. The van der Waals surface area contributed by atoms with Crippen LogP contribution < -0.4 is 5.73 Å². The third-order valence-corrected chi connectivity index (χ3v) is 14.6. The summed E-state index contributed by atoms with van der Waals surface area (Å²) in [7, 11) is -4.40. The van der Waals surface area contributed by atoms with Crippen LogP contribution in [-0.2, 0) is 32.7 Å². The normalized spacial score (nSPS) is 13.5. The van der Waals surface area contributed by atoms with Crippen LogP contribution in [0.3, 0.4) is 0 Å². The lowest BCUT2D eigenvalue weighted by molar-refractivity contribution is -0.161. The number of hydrogen-bond acceptors (Lipinski definition) is 8. The summed E-state index contributed by atoms with van der Waals surface area (Å²) in [5, 5.41) is 0. The first-order valence-electron chi connectivity index (χ1n) is 31.4. The summed E-state index contributed by atoms with van der Waals surface area (Å²) >= 11 is 0. The number of allylic oxidation sites excluding steroid dienone is 12. The molecule has 10 heteroatoms. The minimum atomic E-state index is -4.40.